The van der Waals surface area contributed by atoms with Gasteiger partial charge in [-0.2, -0.15) is 0 Å². The van der Waals surface area contributed by atoms with Crippen LogP contribution in [-0.4, -0.2) is 38.5 Å². The number of aryl methyl sites for hydroxylation is 2. The summed E-state index contributed by atoms with van der Waals surface area (Å²) in [5.41, 5.74) is 3.16. The monoisotopic (exact) mass is 412 g/mol. The lowest BCUT2D eigenvalue weighted by molar-refractivity contribution is 0.256. The molecular weight excluding hydrogens is 392 g/mol. The van der Waals surface area contributed by atoms with Gasteiger partial charge in [-0.3, -0.25) is 15.6 Å². The van der Waals surface area contributed by atoms with Crippen LogP contribution in [0.4, 0.5) is 16.4 Å². The minimum atomic E-state index is -0.454. The smallest absolute Gasteiger partial charge is 0.326 e. The number of carbonyl (C=O) groups excluding carboxylic acids is 1. The zero-order valence-corrected chi connectivity index (χ0v) is 16.8. The number of anilines is 2. The van der Waals surface area contributed by atoms with E-state index in [0.29, 0.717) is 29.6 Å². The van der Waals surface area contributed by atoms with Crippen LogP contribution < -0.4 is 16.0 Å². The van der Waals surface area contributed by atoms with E-state index in [4.69, 9.17) is 11.6 Å². The molecule has 3 rings (SSSR count). The number of urea groups is 1. The summed E-state index contributed by atoms with van der Waals surface area (Å²) in [6, 6.07) is 8.20. The lowest BCUT2D eigenvalue weighted by Crippen LogP contribution is -2.39. The van der Waals surface area contributed by atoms with Crippen LogP contribution in [0.5, 0.6) is 0 Å². The maximum absolute atomic E-state index is 12.4. The third-order valence-corrected chi connectivity index (χ3v) is 4.00. The molecule has 150 valence electrons. The molecule has 0 aliphatic heterocycles. The van der Waals surface area contributed by atoms with Crippen molar-refractivity contribution in [3.8, 4) is 0 Å². The van der Waals surface area contributed by atoms with E-state index in [0.717, 1.165) is 17.1 Å². The van der Waals surface area contributed by atoms with Gasteiger partial charge in [-0.1, -0.05) is 11.6 Å². The number of aliphatic imine (C=N–C) groups is 1. The minimum absolute atomic E-state index is 0.237. The molecule has 0 bridgehead atoms. The van der Waals surface area contributed by atoms with Crippen molar-refractivity contribution in [1.82, 2.24) is 25.3 Å². The van der Waals surface area contributed by atoms with Gasteiger partial charge in [0.25, 0.3) is 0 Å². The standard InChI is InChI=1S/C19H21ClN8O/c1-12-9-13(2)25-18(24-12)27-17(22-8-7-16-10-21-11-23-16)28-19(29)26-15-5-3-14(20)4-6-15/h3-6,9-11H,7-8H2,1-2H3,(H,21,23)(H3,22,24,25,26,27,28,29). The van der Waals surface area contributed by atoms with Crippen LogP contribution >= 0.6 is 11.6 Å². The molecule has 2 heterocycles. The van der Waals surface area contributed by atoms with E-state index in [-0.39, 0.29) is 5.96 Å². The number of amides is 2. The first-order chi connectivity index (χ1) is 14.0. The molecule has 0 radical (unpaired) electrons. The quantitative estimate of drug-likeness (QED) is 0.378. The lowest BCUT2D eigenvalue weighted by atomic mass is 10.3. The number of H-pyrrole nitrogens is 1. The van der Waals surface area contributed by atoms with E-state index in [1.54, 1.807) is 36.8 Å². The van der Waals surface area contributed by atoms with Gasteiger partial charge in [-0.25, -0.2) is 19.7 Å². The van der Waals surface area contributed by atoms with Crippen LogP contribution in [0.15, 0.2) is 47.8 Å². The number of imidazole rings is 1. The highest BCUT2D eigenvalue weighted by atomic mass is 35.5. The van der Waals surface area contributed by atoms with Gasteiger partial charge in [0.15, 0.2) is 0 Å². The molecule has 2 amide bonds. The molecule has 0 aliphatic rings. The van der Waals surface area contributed by atoms with Gasteiger partial charge in [0, 0.05) is 47.0 Å². The number of benzene rings is 1. The van der Waals surface area contributed by atoms with E-state index in [1.807, 2.05) is 19.9 Å². The Bertz CT molecular complexity index is 966. The molecule has 10 heteroatoms. The molecule has 0 atom stereocenters. The fourth-order valence-corrected chi connectivity index (χ4v) is 2.64. The fraction of sp³-hybridized carbons (Fsp3) is 0.211. The van der Waals surface area contributed by atoms with Crippen molar-refractivity contribution in [2.75, 3.05) is 17.2 Å². The molecule has 1 aromatic carbocycles. The molecule has 2 aromatic heterocycles. The minimum Gasteiger partial charge on any atom is -0.348 e. The molecule has 0 saturated heterocycles. The molecule has 9 nitrogen and oxygen atoms in total. The zero-order chi connectivity index (χ0) is 20.6. The number of hydrogen-bond acceptors (Lipinski definition) is 5. The average molecular weight is 413 g/mol. The highest BCUT2D eigenvalue weighted by Crippen LogP contribution is 2.13. The molecule has 3 aromatic rings. The Morgan fingerprint density at radius 3 is 2.52 bits per heavy atom. The number of rotatable bonds is 5. The topological polar surface area (TPSA) is 120 Å². The number of aromatic nitrogens is 4. The van der Waals surface area contributed by atoms with E-state index in [2.05, 4.69) is 40.9 Å². The van der Waals surface area contributed by atoms with E-state index in [9.17, 15) is 4.79 Å². The van der Waals surface area contributed by atoms with Crippen molar-refractivity contribution in [3.63, 3.8) is 0 Å². The molecule has 0 saturated carbocycles. The molecule has 0 unspecified atom stereocenters. The molecular formula is C19H21ClN8O. The van der Waals surface area contributed by atoms with Crippen LogP contribution in [0.2, 0.25) is 5.02 Å². The van der Waals surface area contributed by atoms with Gasteiger partial charge >= 0.3 is 6.03 Å². The summed E-state index contributed by atoms with van der Waals surface area (Å²) in [6.07, 6.45) is 3.98. The highest BCUT2D eigenvalue weighted by molar-refractivity contribution is 6.30. The maximum Gasteiger partial charge on any atom is 0.326 e. The van der Waals surface area contributed by atoms with Crippen molar-refractivity contribution in [3.05, 3.63) is 65.0 Å². The summed E-state index contributed by atoms with van der Waals surface area (Å²) < 4.78 is 0. The second-order valence-corrected chi connectivity index (χ2v) is 6.68. The van der Waals surface area contributed by atoms with Crippen LogP contribution in [0.25, 0.3) is 0 Å². The lowest BCUT2D eigenvalue weighted by Gasteiger charge is -2.12. The number of carbonyl (C=O) groups is 1. The van der Waals surface area contributed by atoms with Crippen LogP contribution in [0.3, 0.4) is 0 Å². The second-order valence-electron chi connectivity index (χ2n) is 6.24. The Kier molecular flexibility index (Phi) is 6.75. The van der Waals surface area contributed by atoms with Gasteiger partial charge in [0.05, 0.1) is 6.33 Å². The molecule has 29 heavy (non-hydrogen) atoms. The van der Waals surface area contributed by atoms with Crippen molar-refractivity contribution >= 4 is 35.2 Å². The molecule has 0 aliphatic carbocycles. The maximum atomic E-state index is 12.4. The zero-order valence-electron chi connectivity index (χ0n) is 16.0. The Labute approximate surface area is 173 Å². The Balaban J connectivity index is 1.69. The number of aromatic amines is 1. The van der Waals surface area contributed by atoms with Crippen LogP contribution in [-0.2, 0) is 6.42 Å². The summed E-state index contributed by atoms with van der Waals surface area (Å²) in [5.74, 6) is 0.593. The third-order valence-electron chi connectivity index (χ3n) is 3.75. The molecule has 4 N–H and O–H groups in total. The Morgan fingerprint density at radius 2 is 1.86 bits per heavy atom. The van der Waals surface area contributed by atoms with Crippen molar-refractivity contribution < 1.29 is 4.79 Å². The summed E-state index contributed by atoms with van der Waals surface area (Å²) in [5, 5.41) is 8.99. The summed E-state index contributed by atoms with van der Waals surface area (Å²) in [7, 11) is 0. The van der Waals surface area contributed by atoms with Gasteiger partial charge in [0.2, 0.25) is 11.9 Å². The Hall–Kier alpha value is -3.46. The number of nitrogens with one attached hydrogen (secondary N) is 4. The summed E-state index contributed by atoms with van der Waals surface area (Å²) in [4.78, 5) is 32.5. The predicted octanol–water partition coefficient (Wildman–Crippen LogP) is 3.30. The first kappa shape index (κ1) is 20.3. The largest absolute Gasteiger partial charge is 0.348 e. The number of halogens is 1. The third kappa shape index (κ3) is 6.58. The van der Waals surface area contributed by atoms with Gasteiger partial charge in [-0.15, -0.1) is 0 Å². The first-order valence-corrected chi connectivity index (χ1v) is 9.30. The SMILES string of the molecule is Cc1cc(C)nc(NC(=NCCc2cnc[nH]2)NC(=O)Nc2ccc(Cl)cc2)n1. The first-order valence-electron chi connectivity index (χ1n) is 8.92. The van der Waals surface area contributed by atoms with Gasteiger partial charge in [-0.05, 0) is 44.2 Å². The average Bonchev–Trinajstić information content (AvgIpc) is 3.16. The number of nitrogens with zero attached hydrogens (tertiary/aromatic N) is 4. The fourth-order valence-electron chi connectivity index (χ4n) is 2.51. The van der Waals surface area contributed by atoms with Crippen LogP contribution in [0.1, 0.15) is 17.1 Å². The molecule has 0 fully saturated rings. The van der Waals surface area contributed by atoms with Gasteiger partial charge < -0.3 is 10.3 Å². The molecule has 0 spiro atoms. The van der Waals surface area contributed by atoms with Gasteiger partial charge in [0.1, 0.15) is 0 Å². The summed E-state index contributed by atoms with van der Waals surface area (Å²) in [6.45, 7) is 4.17. The van der Waals surface area contributed by atoms with Crippen LogP contribution in [0, 0.1) is 13.8 Å². The number of hydrogen-bond donors (Lipinski definition) is 4. The highest BCUT2D eigenvalue weighted by Gasteiger charge is 2.09. The number of guanidine groups is 1. The predicted molar refractivity (Wildman–Crippen MR) is 113 cm³/mol. The van der Waals surface area contributed by atoms with Crippen molar-refractivity contribution in [2.24, 2.45) is 4.99 Å². The van der Waals surface area contributed by atoms with E-state index >= 15 is 0 Å². The van der Waals surface area contributed by atoms with Crippen molar-refractivity contribution in [2.45, 2.75) is 20.3 Å². The second kappa shape index (κ2) is 9.65. The normalized spacial score (nSPS) is 11.2. The van der Waals surface area contributed by atoms with E-state index in [1.165, 1.54) is 0 Å². The summed E-state index contributed by atoms with van der Waals surface area (Å²) >= 11 is 5.87. The Morgan fingerprint density at radius 1 is 1.14 bits per heavy atom. The van der Waals surface area contributed by atoms with Crippen molar-refractivity contribution in [1.29, 1.82) is 0 Å². The van der Waals surface area contributed by atoms with E-state index < -0.39 is 6.03 Å².